The van der Waals surface area contributed by atoms with Crippen molar-refractivity contribution >= 4 is 28.5 Å². The van der Waals surface area contributed by atoms with Gasteiger partial charge >= 0.3 is 0 Å². The molecule has 28 heavy (non-hydrogen) atoms. The van der Waals surface area contributed by atoms with Crippen molar-refractivity contribution in [2.45, 2.75) is 25.8 Å². The summed E-state index contributed by atoms with van der Waals surface area (Å²) in [4.78, 5) is 25.7. The van der Waals surface area contributed by atoms with E-state index in [0.29, 0.717) is 18.9 Å². The molecule has 0 spiro atoms. The number of aromatic nitrogens is 6. The molecule has 0 bridgehead atoms. The van der Waals surface area contributed by atoms with Gasteiger partial charge in [-0.2, -0.15) is 4.98 Å². The first-order chi connectivity index (χ1) is 13.6. The molecule has 1 saturated heterocycles. The van der Waals surface area contributed by atoms with E-state index in [1.165, 1.54) is 0 Å². The van der Waals surface area contributed by atoms with Gasteiger partial charge in [-0.05, 0) is 25.5 Å². The predicted molar refractivity (Wildman–Crippen MR) is 105 cm³/mol. The minimum Gasteiger partial charge on any atom is -0.350 e. The molecule has 0 aromatic carbocycles. The number of likely N-dealkylation sites (N-methyl/N-ethyl adjacent to an activating group) is 1. The second kappa shape index (κ2) is 6.29. The van der Waals surface area contributed by atoms with Gasteiger partial charge in [0.15, 0.2) is 5.65 Å². The molecule has 2 N–H and O–H groups in total. The molecule has 1 amide bonds. The van der Waals surface area contributed by atoms with Crippen LogP contribution in [0.5, 0.6) is 0 Å². The number of H-pyrrole nitrogens is 1. The highest BCUT2D eigenvalue weighted by Gasteiger charge is 2.23. The predicted octanol–water partition coefficient (Wildman–Crippen LogP) is 2.01. The van der Waals surface area contributed by atoms with E-state index in [4.69, 9.17) is 0 Å². The SMILES string of the molecule is Cc1nnc2ccc(-c3c[nH]c4nc(N[C@H]5CCC(=O)N(C)C5)ncc34)cn12. The molecule has 9 heteroatoms. The summed E-state index contributed by atoms with van der Waals surface area (Å²) >= 11 is 0. The van der Waals surface area contributed by atoms with Gasteiger partial charge in [0.25, 0.3) is 0 Å². The van der Waals surface area contributed by atoms with E-state index in [0.717, 1.165) is 40.1 Å². The van der Waals surface area contributed by atoms with E-state index >= 15 is 0 Å². The van der Waals surface area contributed by atoms with Crippen LogP contribution in [0.4, 0.5) is 5.95 Å². The lowest BCUT2D eigenvalue weighted by Crippen LogP contribution is -2.43. The van der Waals surface area contributed by atoms with Gasteiger partial charge in [-0.3, -0.25) is 9.20 Å². The van der Waals surface area contributed by atoms with Crippen molar-refractivity contribution in [1.82, 2.24) is 34.4 Å². The molecule has 1 aliphatic heterocycles. The lowest BCUT2D eigenvalue weighted by Gasteiger charge is -2.30. The van der Waals surface area contributed by atoms with Crippen molar-refractivity contribution in [3.05, 3.63) is 36.5 Å². The second-order valence-corrected chi connectivity index (χ2v) is 7.21. The van der Waals surface area contributed by atoms with Crippen molar-refractivity contribution in [3.63, 3.8) is 0 Å². The number of anilines is 1. The number of pyridine rings is 1. The lowest BCUT2D eigenvalue weighted by atomic mass is 10.1. The average Bonchev–Trinajstić information content (AvgIpc) is 3.28. The summed E-state index contributed by atoms with van der Waals surface area (Å²) in [6, 6.07) is 4.13. The minimum absolute atomic E-state index is 0.161. The van der Waals surface area contributed by atoms with Gasteiger partial charge in [-0.1, -0.05) is 0 Å². The normalized spacial score (nSPS) is 17.6. The highest BCUT2D eigenvalue weighted by molar-refractivity contribution is 5.93. The highest BCUT2D eigenvalue weighted by atomic mass is 16.2. The standard InChI is InChI=1S/C19H20N8O/c1-11-24-25-16-5-3-12(9-27(11)16)14-7-20-18-15(14)8-21-19(23-18)22-13-4-6-17(28)26(2)10-13/h3,5,7-9,13H,4,6,10H2,1-2H3,(H2,20,21,22,23)/t13-/m0/s1. The number of carbonyl (C=O) groups excluding carboxylic acids is 1. The first-order valence-corrected chi connectivity index (χ1v) is 9.25. The van der Waals surface area contributed by atoms with Crippen LogP contribution < -0.4 is 5.32 Å². The number of piperidine rings is 1. The number of aryl methyl sites for hydroxylation is 1. The fraction of sp³-hybridized carbons (Fsp3) is 0.316. The number of aromatic amines is 1. The highest BCUT2D eigenvalue weighted by Crippen LogP contribution is 2.28. The number of amides is 1. The summed E-state index contributed by atoms with van der Waals surface area (Å²) in [6.07, 6.45) is 7.13. The van der Waals surface area contributed by atoms with Crippen molar-refractivity contribution in [1.29, 1.82) is 0 Å². The maximum Gasteiger partial charge on any atom is 0.224 e. The average molecular weight is 376 g/mol. The molecule has 4 aromatic heterocycles. The van der Waals surface area contributed by atoms with E-state index in [-0.39, 0.29) is 11.9 Å². The Labute approximate surface area is 160 Å². The number of nitrogens with one attached hydrogen (secondary N) is 2. The van der Waals surface area contributed by atoms with Gasteiger partial charge in [-0.25, -0.2) is 4.98 Å². The Hall–Kier alpha value is -3.49. The van der Waals surface area contributed by atoms with Crippen molar-refractivity contribution in [2.75, 3.05) is 18.9 Å². The molecule has 0 radical (unpaired) electrons. The van der Waals surface area contributed by atoms with Crippen LogP contribution in [0.25, 0.3) is 27.8 Å². The Bertz CT molecular complexity index is 1190. The molecule has 0 aliphatic carbocycles. The van der Waals surface area contributed by atoms with Crippen molar-refractivity contribution in [3.8, 4) is 11.1 Å². The minimum atomic E-state index is 0.161. The zero-order chi connectivity index (χ0) is 19.3. The Balaban J connectivity index is 1.44. The molecule has 5 rings (SSSR count). The number of fused-ring (bicyclic) bond motifs is 2. The molecule has 9 nitrogen and oxygen atoms in total. The molecule has 1 aliphatic rings. The van der Waals surface area contributed by atoms with Gasteiger partial charge < -0.3 is 15.2 Å². The third-order valence-electron chi connectivity index (χ3n) is 5.28. The molecule has 0 saturated carbocycles. The quantitative estimate of drug-likeness (QED) is 0.567. The van der Waals surface area contributed by atoms with Crippen molar-refractivity contribution < 1.29 is 4.79 Å². The van der Waals surface area contributed by atoms with Crippen LogP contribution in [-0.4, -0.2) is 60.0 Å². The van der Waals surface area contributed by atoms with E-state index in [1.54, 1.807) is 4.90 Å². The molecular formula is C19H20N8O. The largest absolute Gasteiger partial charge is 0.350 e. The van der Waals surface area contributed by atoms with E-state index in [9.17, 15) is 4.79 Å². The Morgan fingerprint density at radius 2 is 2.18 bits per heavy atom. The number of hydrogen-bond acceptors (Lipinski definition) is 6. The molecule has 1 fully saturated rings. The van der Waals surface area contributed by atoms with Gasteiger partial charge in [0, 0.05) is 61.2 Å². The first kappa shape index (κ1) is 16.7. The van der Waals surface area contributed by atoms with Crippen LogP contribution in [0.2, 0.25) is 0 Å². The fourth-order valence-corrected chi connectivity index (χ4v) is 3.69. The smallest absolute Gasteiger partial charge is 0.224 e. The lowest BCUT2D eigenvalue weighted by molar-refractivity contribution is -0.132. The number of likely N-dealkylation sites (tertiary alicyclic amines) is 1. The van der Waals surface area contributed by atoms with Crippen LogP contribution >= 0.6 is 0 Å². The number of hydrogen-bond donors (Lipinski definition) is 2. The molecule has 4 aromatic rings. The second-order valence-electron chi connectivity index (χ2n) is 7.21. The summed E-state index contributed by atoms with van der Waals surface area (Å²) in [5.41, 5.74) is 3.66. The van der Waals surface area contributed by atoms with Crippen LogP contribution in [-0.2, 0) is 4.79 Å². The first-order valence-electron chi connectivity index (χ1n) is 9.25. The van der Waals surface area contributed by atoms with Crippen LogP contribution in [0.1, 0.15) is 18.7 Å². The third-order valence-corrected chi connectivity index (χ3v) is 5.28. The zero-order valence-electron chi connectivity index (χ0n) is 15.7. The van der Waals surface area contributed by atoms with Gasteiger partial charge in [-0.15, -0.1) is 10.2 Å². The van der Waals surface area contributed by atoms with Crippen molar-refractivity contribution in [2.24, 2.45) is 0 Å². The molecular weight excluding hydrogens is 356 g/mol. The number of carbonyl (C=O) groups is 1. The maximum atomic E-state index is 11.6. The summed E-state index contributed by atoms with van der Waals surface area (Å²) < 4.78 is 1.96. The van der Waals surface area contributed by atoms with Gasteiger partial charge in [0.05, 0.1) is 0 Å². The molecule has 1 atom stereocenters. The monoisotopic (exact) mass is 376 g/mol. The fourth-order valence-electron chi connectivity index (χ4n) is 3.69. The van der Waals surface area contributed by atoms with Crippen LogP contribution in [0, 0.1) is 6.92 Å². The zero-order valence-corrected chi connectivity index (χ0v) is 15.7. The Kier molecular flexibility index (Phi) is 3.75. The van der Waals surface area contributed by atoms with Crippen LogP contribution in [0.3, 0.4) is 0 Å². The summed E-state index contributed by atoms with van der Waals surface area (Å²) in [6.45, 7) is 2.59. The summed E-state index contributed by atoms with van der Waals surface area (Å²) in [5, 5.41) is 12.5. The summed E-state index contributed by atoms with van der Waals surface area (Å²) in [5.74, 6) is 1.60. The van der Waals surface area contributed by atoms with E-state index in [1.807, 2.05) is 49.1 Å². The van der Waals surface area contributed by atoms with Gasteiger partial charge in [0.2, 0.25) is 11.9 Å². The Morgan fingerprint density at radius 3 is 3.04 bits per heavy atom. The Morgan fingerprint density at radius 1 is 1.29 bits per heavy atom. The van der Waals surface area contributed by atoms with Gasteiger partial charge in [0.1, 0.15) is 11.5 Å². The third kappa shape index (κ3) is 2.75. The summed E-state index contributed by atoms with van der Waals surface area (Å²) in [7, 11) is 1.83. The van der Waals surface area contributed by atoms with Crippen LogP contribution in [0.15, 0.2) is 30.7 Å². The molecule has 142 valence electrons. The number of rotatable bonds is 3. The topological polar surface area (TPSA) is 104 Å². The number of nitrogens with zero attached hydrogens (tertiary/aromatic N) is 6. The van der Waals surface area contributed by atoms with E-state index in [2.05, 4.69) is 30.5 Å². The maximum absolute atomic E-state index is 11.6. The van der Waals surface area contributed by atoms with E-state index < -0.39 is 0 Å². The molecule has 5 heterocycles. The molecule has 0 unspecified atom stereocenters.